The van der Waals surface area contributed by atoms with Crippen molar-refractivity contribution in [2.24, 2.45) is 0 Å². The van der Waals surface area contributed by atoms with E-state index in [1.807, 2.05) is 0 Å². The Kier molecular flexibility index (Phi) is 2.11. The van der Waals surface area contributed by atoms with Gasteiger partial charge in [0.2, 0.25) is 0 Å². The molecule has 0 aliphatic rings. The largest absolute Gasteiger partial charge is 0.391 e. The van der Waals surface area contributed by atoms with E-state index in [9.17, 15) is 9.59 Å². The summed E-state index contributed by atoms with van der Waals surface area (Å²) in [5.41, 5.74) is 9.00. The van der Waals surface area contributed by atoms with Crippen LogP contribution in [0, 0.1) is 12.3 Å². The van der Waals surface area contributed by atoms with Gasteiger partial charge in [-0.05, 0) is 0 Å². The average Bonchev–Trinajstić information content (AvgIpc) is 2.09. The minimum atomic E-state index is -0.667. The van der Waals surface area contributed by atoms with E-state index in [0.717, 1.165) is 4.57 Å². The van der Waals surface area contributed by atoms with Gasteiger partial charge in [0, 0.05) is 0 Å². The molecular formula is C7H8N4O2. The highest BCUT2D eigenvalue weighted by molar-refractivity contribution is 5.55. The van der Waals surface area contributed by atoms with Crippen molar-refractivity contribution >= 4 is 11.5 Å². The second-order valence-electron chi connectivity index (χ2n) is 2.35. The van der Waals surface area contributed by atoms with E-state index in [1.54, 1.807) is 0 Å². The fourth-order valence-electron chi connectivity index (χ4n) is 0.838. The summed E-state index contributed by atoms with van der Waals surface area (Å²) in [6.45, 7) is -0.126. The molecule has 13 heavy (non-hydrogen) atoms. The molecule has 0 aromatic carbocycles. The molecule has 6 nitrogen and oxygen atoms in total. The number of aromatic nitrogens is 2. The molecule has 0 fully saturated rings. The monoisotopic (exact) mass is 180 g/mol. The topological polar surface area (TPSA) is 107 Å². The Morgan fingerprint density at radius 2 is 2.08 bits per heavy atom. The number of nitrogens with two attached hydrogens (primary N) is 2. The van der Waals surface area contributed by atoms with Gasteiger partial charge >= 0.3 is 5.69 Å². The van der Waals surface area contributed by atoms with Crippen LogP contribution >= 0.6 is 0 Å². The molecular weight excluding hydrogens is 172 g/mol. The summed E-state index contributed by atoms with van der Waals surface area (Å²) >= 11 is 0. The molecule has 1 aromatic heterocycles. The predicted octanol–water partition coefficient (Wildman–Crippen LogP) is -1.67. The molecule has 5 N–H and O–H groups in total. The highest BCUT2D eigenvalue weighted by Crippen LogP contribution is 1.98. The third-order valence-corrected chi connectivity index (χ3v) is 1.50. The zero-order valence-corrected chi connectivity index (χ0v) is 6.70. The number of hydrogen-bond acceptors (Lipinski definition) is 4. The second-order valence-corrected chi connectivity index (χ2v) is 2.35. The summed E-state index contributed by atoms with van der Waals surface area (Å²) in [4.78, 5) is 24.5. The van der Waals surface area contributed by atoms with Crippen molar-refractivity contribution < 1.29 is 0 Å². The van der Waals surface area contributed by atoms with Gasteiger partial charge in [0.1, 0.15) is 11.5 Å². The summed E-state index contributed by atoms with van der Waals surface area (Å²) in [5.74, 6) is 2.02. The standard InChI is InChI=1S/C7H8N4O2/c1-2-3-11-6(12)4(8)5(9)10-7(11)13/h1H,3,8-9H2,(H,10,13). The molecule has 0 bridgehead atoms. The Hall–Kier alpha value is -2.16. The zero-order valence-electron chi connectivity index (χ0n) is 6.70. The molecule has 0 atom stereocenters. The van der Waals surface area contributed by atoms with Crippen molar-refractivity contribution in [2.75, 3.05) is 11.5 Å². The number of anilines is 2. The van der Waals surface area contributed by atoms with E-state index in [2.05, 4.69) is 10.9 Å². The molecule has 0 radical (unpaired) electrons. The van der Waals surface area contributed by atoms with Crippen LogP contribution in [0.4, 0.5) is 11.5 Å². The van der Waals surface area contributed by atoms with Crippen LogP contribution in [0.5, 0.6) is 0 Å². The molecule has 0 unspecified atom stereocenters. The molecule has 0 saturated carbocycles. The fourth-order valence-corrected chi connectivity index (χ4v) is 0.838. The van der Waals surface area contributed by atoms with Crippen molar-refractivity contribution in [1.29, 1.82) is 0 Å². The first-order valence-corrected chi connectivity index (χ1v) is 3.39. The third kappa shape index (κ3) is 1.39. The van der Waals surface area contributed by atoms with Crippen molar-refractivity contribution in [3.63, 3.8) is 0 Å². The van der Waals surface area contributed by atoms with Gasteiger partial charge in [-0.1, -0.05) is 5.92 Å². The van der Waals surface area contributed by atoms with Crippen LogP contribution in [0.2, 0.25) is 0 Å². The zero-order chi connectivity index (χ0) is 10.0. The maximum atomic E-state index is 11.2. The van der Waals surface area contributed by atoms with E-state index in [0.29, 0.717) is 0 Å². The molecule has 6 heteroatoms. The van der Waals surface area contributed by atoms with Gasteiger partial charge < -0.3 is 11.5 Å². The van der Waals surface area contributed by atoms with Crippen molar-refractivity contribution in [3.8, 4) is 12.3 Å². The van der Waals surface area contributed by atoms with E-state index in [1.165, 1.54) is 0 Å². The minimum absolute atomic E-state index is 0.126. The normalized spacial score (nSPS) is 9.46. The molecule has 1 rings (SSSR count). The van der Waals surface area contributed by atoms with Crippen LogP contribution in [0.1, 0.15) is 0 Å². The van der Waals surface area contributed by atoms with Crippen LogP contribution in [-0.2, 0) is 6.54 Å². The van der Waals surface area contributed by atoms with Crippen molar-refractivity contribution in [2.45, 2.75) is 6.54 Å². The molecule has 0 spiro atoms. The van der Waals surface area contributed by atoms with Gasteiger partial charge in [0.15, 0.2) is 0 Å². The first-order valence-electron chi connectivity index (χ1n) is 3.39. The first-order chi connectivity index (χ1) is 6.07. The summed E-state index contributed by atoms with van der Waals surface area (Å²) in [5, 5.41) is 0. The number of aromatic amines is 1. The summed E-state index contributed by atoms with van der Waals surface area (Å²) in [7, 11) is 0. The smallest absolute Gasteiger partial charge is 0.330 e. The molecule has 0 amide bonds. The van der Waals surface area contributed by atoms with Gasteiger partial charge in [0.05, 0.1) is 6.54 Å². The van der Waals surface area contributed by atoms with Gasteiger partial charge in [-0.25, -0.2) is 9.36 Å². The molecule has 0 aliphatic carbocycles. The van der Waals surface area contributed by atoms with Gasteiger partial charge in [0.25, 0.3) is 5.56 Å². The molecule has 0 saturated heterocycles. The Labute approximate surface area is 73.2 Å². The quantitative estimate of drug-likeness (QED) is 0.449. The maximum absolute atomic E-state index is 11.2. The van der Waals surface area contributed by atoms with Crippen LogP contribution < -0.4 is 22.7 Å². The fraction of sp³-hybridized carbons (Fsp3) is 0.143. The van der Waals surface area contributed by atoms with E-state index in [4.69, 9.17) is 17.9 Å². The number of rotatable bonds is 1. The van der Waals surface area contributed by atoms with Gasteiger partial charge in [-0.15, -0.1) is 6.42 Å². The molecule has 0 aliphatic heterocycles. The lowest BCUT2D eigenvalue weighted by molar-refractivity contribution is 0.733. The first kappa shape index (κ1) is 8.93. The van der Waals surface area contributed by atoms with Crippen LogP contribution in [0.3, 0.4) is 0 Å². The Morgan fingerprint density at radius 1 is 1.46 bits per heavy atom. The number of hydrogen-bond donors (Lipinski definition) is 3. The lowest BCUT2D eigenvalue weighted by atomic mass is 10.4. The van der Waals surface area contributed by atoms with E-state index < -0.39 is 11.2 Å². The maximum Gasteiger partial charge on any atom is 0.330 e. The lowest BCUT2D eigenvalue weighted by Gasteiger charge is -2.02. The summed E-state index contributed by atoms with van der Waals surface area (Å²) in [6, 6.07) is 0. The number of nitrogens with one attached hydrogen (secondary N) is 1. The minimum Gasteiger partial charge on any atom is -0.391 e. The summed E-state index contributed by atoms with van der Waals surface area (Å²) < 4.78 is 0.797. The third-order valence-electron chi connectivity index (χ3n) is 1.50. The molecule has 1 aromatic rings. The second kappa shape index (κ2) is 3.06. The Bertz CT molecular complexity index is 477. The average molecular weight is 180 g/mol. The predicted molar refractivity (Wildman–Crippen MR) is 49.0 cm³/mol. The number of H-pyrrole nitrogens is 1. The SMILES string of the molecule is C#CCn1c(=O)[nH]c(N)c(N)c1=O. The number of nitrogen functional groups attached to an aromatic ring is 2. The number of terminal acetylenes is 1. The molecule has 1 heterocycles. The Morgan fingerprint density at radius 3 is 2.62 bits per heavy atom. The molecule has 68 valence electrons. The van der Waals surface area contributed by atoms with Crippen LogP contribution in [0.15, 0.2) is 9.59 Å². The van der Waals surface area contributed by atoms with Crippen LogP contribution in [-0.4, -0.2) is 9.55 Å². The van der Waals surface area contributed by atoms with Crippen LogP contribution in [0.25, 0.3) is 0 Å². The highest BCUT2D eigenvalue weighted by atomic mass is 16.2. The Balaban J connectivity index is 3.56. The van der Waals surface area contributed by atoms with Gasteiger partial charge in [-0.2, -0.15) is 0 Å². The van der Waals surface area contributed by atoms with E-state index >= 15 is 0 Å². The van der Waals surface area contributed by atoms with Crippen molar-refractivity contribution in [3.05, 3.63) is 20.8 Å². The van der Waals surface area contributed by atoms with Gasteiger partial charge in [-0.3, -0.25) is 9.78 Å². The lowest BCUT2D eigenvalue weighted by Crippen LogP contribution is -2.37. The van der Waals surface area contributed by atoms with Crippen molar-refractivity contribution in [1.82, 2.24) is 9.55 Å². The van der Waals surface area contributed by atoms with E-state index in [-0.39, 0.29) is 18.1 Å². The summed E-state index contributed by atoms with van der Waals surface area (Å²) in [6.07, 6.45) is 4.95. The number of nitrogens with zero attached hydrogens (tertiary/aromatic N) is 1. The highest BCUT2D eigenvalue weighted by Gasteiger charge is 2.06.